The Kier molecular flexibility index (Phi) is 8.03. The maximum atomic E-state index is 13.1. The van der Waals surface area contributed by atoms with Crippen molar-refractivity contribution in [2.75, 3.05) is 50.9 Å². The van der Waals surface area contributed by atoms with Gasteiger partial charge < -0.3 is 15.0 Å². The number of amides is 2. The first-order valence-corrected chi connectivity index (χ1v) is 11.0. The van der Waals surface area contributed by atoms with Gasteiger partial charge in [0.25, 0.3) is 0 Å². The van der Waals surface area contributed by atoms with E-state index in [4.69, 9.17) is 4.74 Å². The van der Waals surface area contributed by atoms with E-state index in [0.29, 0.717) is 31.9 Å². The quantitative estimate of drug-likeness (QED) is 0.631. The van der Waals surface area contributed by atoms with E-state index in [9.17, 15) is 22.8 Å². The lowest BCUT2D eigenvalue weighted by molar-refractivity contribution is -0.137. The van der Waals surface area contributed by atoms with Crippen LogP contribution in [0.3, 0.4) is 0 Å². The summed E-state index contributed by atoms with van der Waals surface area (Å²) in [7, 11) is 1.59. The van der Waals surface area contributed by atoms with E-state index >= 15 is 0 Å². The Morgan fingerprint density at radius 3 is 2.31 bits per heavy atom. The predicted molar refractivity (Wildman–Crippen MR) is 117 cm³/mol. The lowest BCUT2D eigenvalue weighted by Gasteiger charge is -2.34. The van der Waals surface area contributed by atoms with Crippen LogP contribution in [0.25, 0.3) is 0 Å². The number of ether oxygens (including phenoxy) is 1. The van der Waals surface area contributed by atoms with Crippen molar-refractivity contribution < 1.29 is 27.5 Å². The van der Waals surface area contributed by atoms with Gasteiger partial charge in [0.1, 0.15) is 5.75 Å². The van der Waals surface area contributed by atoms with Crippen LogP contribution in [0, 0.1) is 0 Å². The molecule has 172 valence electrons. The number of anilines is 1. The fourth-order valence-electron chi connectivity index (χ4n) is 3.30. The molecule has 2 amide bonds. The van der Waals surface area contributed by atoms with E-state index in [2.05, 4.69) is 5.32 Å². The van der Waals surface area contributed by atoms with Gasteiger partial charge in [0.2, 0.25) is 11.8 Å². The van der Waals surface area contributed by atoms with Crippen molar-refractivity contribution in [2.45, 2.75) is 11.1 Å². The number of rotatable bonds is 7. The highest BCUT2D eigenvalue weighted by molar-refractivity contribution is 8.00. The lowest BCUT2D eigenvalue weighted by atomic mass is 10.1. The zero-order valence-electron chi connectivity index (χ0n) is 17.5. The summed E-state index contributed by atoms with van der Waals surface area (Å²) in [6.07, 6.45) is -4.54. The van der Waals surface area contributed by atoms with E-state index in [1.807, 2.05) is 29.2 Å². The number of benzene rings is 2. The van der Waals surface area contributed by atoms with Crippen LogP contribution in [0.5, 0.6) is 5.75 Å². The van der Waals surface area contributed by atoms with Gasteiger partial charge >= 0.3 is 6.18 Å². The summed E-state index contributed by atoms with van der Waals surface area (Å²) < 4.78 is 44.3. The van der Waals surface area contributed by atoms with Crippen LogP contribution in [0.2, 0.25) is 0 Å². The van der Waals surface area contributed by atoms with Gasteiger partial charge in [0, 0.05) is 31.1 Å². The third kappa shape index (κ3) is 6.64. The van der Waals surface area contributed by atoms with Gasteiger partial charge in [0.05, 0.1) is 30.7 Å². The standard InChI is InChI=1S/C22H24F3N3O3S/c1-31-16-6-8-17(9-7-16)32-15-21(30)28-12-10-27(11-13-28)14-20(29)26-19-5-3-2-4-18(19)22(23,24)25/h2-9H,10-15H2,1H3,(H,26,29). The van der Waals surface area contributed by atoms with Crippen LogP contribution in [0.1, 0.15) is 5.56 Å². The molecule has 32 heavy (non-hydrogen) atoms. The van der Waals surface area contributed by atoms with Gasteiger partial charge in [-0.25, -0.2) is 0 Å². The number of carbonyl (C=O) groups is 2. The van der Waals surface area contributed by atoms with Gasteiger partial charge in [-0.05, 0) is 36.4 Å². The minimum absolute atomic E-state index is 0.00836. The molecular formula is C22H24F3N3O3S. The number of thioether (sulfide) groups is 1. The number of hydrogen-bond acceptors (Lipinski definition) is 5. The maximum Gasteiger partial charge on any atom is 0.418 e. The van der Waals surface area contributed by atoms with Gasteiger partial charge in [-0.2, -0.15) is 13.2 Å². The molecule has 2 aromatic carbocycles. The van der Waals surface area contributed by atoms with E-state index in [0.717, 1.165) is 16.7 Å². The van der Waals surface area contributed by atoms with Crippen LogP contribution in [-0.2, 0) is 15.8 Å². The lowest BCUT2D eigenvalue weighted by Crippen LogP contribution is -2.50. The summed E-state index contributed by atoms with van der Waals surface area (Å²) in [5.41, 5.74) is -1.13. The van der Waals surface area contributed by atoms with Crippen LogP contribution >= 0.6 is 11.8 Å². The average molecular weight is 468 g/mol. The number of methoxy groups -OCH3 is 1. The molecule has 0 aliphatic carbocycles. The SMILES string of the molecule is COc1ccc(SCC(=O)N2CCN(CC(=O)Nc3ccccc3C(F)(F)F)CC2)cc1. The first kappa shape index (κ1) is 23.9. The maximum absolute atomic E-state index is 13.1. The molecule has 1 fully saturated rings. The average Bonchev–Trinajstić information content (AvgIpc) is 2.78. The Labute approximate surface area is 188 Å². The fourth-order valence-corrected chi connectivity index (χ4v) is 4.10. The monoisotopic (exact) mass is 467 g/mol. The molecule has 0 aromatic heterocycles. The predicted octanol–water partition coefficient (Wildman–Crippen LogP) is 3.59. The Morgan fingerprint density at radius 1 is 1.03 bits per heavy atom. The molecule has 0 radical (unpaired) electrons. The summed E-state index contributed by atoms with van der Waals surface area (Å²) in [5, 5.41) is 2.35. The molecular weight excluding hydrogens is 443 g/mol. The van der Waals surface area contributed by atoms with E-state index < -0.39 is 17.6 Å². The summed E-state index contributed by atoms with van der Waals surface area (Å²) in [5.74, 6) is 0.550. The first-order chi connectivity index (χ1) is 15.3. The Balaban J connectivity index is 1.43. The highest BCUT2D eigenvalue weighted by Crippen LogP contribution is 2.34. The molecule has 0 spiro atoms. The molecule has 0 bridgehead atoms. The molecule has 10 heteroatoms. The number of hydrogen-bond donors (Lipinski definition) is 1. The van der Waals surface area contributed by atoms with Crippen molar-refractivity contribution >= 4 is 29.3 Å². The Hall–Kier alpha value is -2.72. The molecule has 0 atom stereocenters. The second kappa shape index (κ2) is 10.7. The topological polar surface area (TPSA) is 61.9 Å². The van der Waals surface area contributed by atoms with Crippen LogP contribution in [0.4, 0.5) is 18.9 Å². The number of para-hydroxylation sites is 1. The van der Waals surface area contributed by atoms with Crippen molar-refractivity contribution in [1.29, 1.82) is 0 Å². The van der Waals surface area contributed by atoms with E-state index in [-0.39, 0.29) is 18.1 Å². The molecule has 1 aliphatic heterocycles. The number of halogens is 3. The van der Waals surface area contributed by atoms with E-state index in [1.165, 1.54) is 30.0 Å². The molecule has 0 saturated carbocycles. The Bertz CT molecular complexity index is 930. The Morgan fingerprint density at radius 2 is 1.69 bits per heavy atom. The normalized spacial score (nSPS) is 14.8. The summed E-state index contributed by atoms with van der Waals surface area (Å²) in [6.45, 7) is 1.86. The number of alkyl halides is 3. The third-order valence-corrected chi connectivity index (χ3v) is 6.02. The molecule has 6 nitrogen and oxygen atoms in total. The fraction of sp³-hybridized carbons (Fsp3) is 0.364. The smallest absolute Gasteiger partial charge is 0.418 e. The highest BCUT2D eigenvalue weighted by Gasteiger charge is 2.33. The zero-order chi connectivity index (χ0) is 23.1. The third-order valence-electron chi connectivity index (χ3n) is 5.02. The van der Waals surface area contributed by atoms with Gasteiger partial charge in [-0.3, -0.25) is 14.5 Å². The summed E-state index contributed by atoms with van der Waals surface area (Å²) >= 11 is 1.44. The van der Waals surface area contributed by atoms with E-state index in [1.54, 1.807) is 12.0 Å². The minimum atomic E-state index is -4.54. The second-order valence-electron chi connectivity index (χ2n) is 7.21. The van der Waals surface area contributed by atoms with Crippen LogP contribution < -0.4 is 10.1 Å². The molecule has 1 saturated heterocycles. The summed E-state index contributed by atoms with van der Waals surface area (Å²) in [6, 6.07) is 12.4. The van der Waals surface area contributed by atoms with Gasteiger partial charge in [-0.15, -0.1) is 11.8 Å². The van der Waals surface area contributed by atoms with Crippen molar-refractivity contribution in [2.24, 2.45) is 0 Å². The molecule has 1 N–H and O–H groups in total. The van der Waals surface area contributed by atoms with Crippen molar-refractivity contribution in [1.82, 2.24) is 9.80 Å². The number of nitrogens with one attached hydrogen (secondary N) is 1. The minimum Gasteiger partial charge on any atom is -0.497 e. The molecule has 1 heterocycles. The van der Waals surface area contributed by atoms with Crippen molar-refractivity contribution in [3.63, 3.8) is 0 Å². The highest BCUT2D eigenvalue weighted by atomic mass is 32.2. The second-order valence-corrected chi connectivity index (χ2v) is 8.26. The number of piperazine rings is 1. The van der Waals surface area contributed by atoms with Gasteiger partial charge in [0.15, 0.2) is 0 Å². The summed E-state index contributed by atoms with van der Waals surface area (Å²) in [4.78, 5) is 29.3. The van der Waals surface area contributed by atoms with Crippen LogP contribution in [-0.4, -0.2) is 67.2 Å². The number of nitrogens with zero attached hydrogens (tertiary/aromatic N) is 2. The van der Waals surface area contributed by atoms with Crippen LogP contribution in [0.15, 0.2) is 53.4 Å². The number of carbonyl (C=O) groups excluding carboxylic acids is 2. The van der Waals surface area contributed by atoms with Gasteiger partial charge in [-0.1, -0.05) is 12.1 Å². The van der Waals surface area contributed by atoms with Crippen molar-refractivity contribution in [3.05, 3.63) is 54.1 Å². The molecule has 0 unspecified atom stereocenters. The largest absolute Gasteiger partial charge is 0.497 e. The zero-order valence-corrected chi connectivity index (χ0v) is 18.3. The molecule has 2 aromatic rings. The molecule has 1 aliphatic rings. The first-order valence-electron chi connectivity index (χ1n) is 9.99. The van der Waals surface area contributed by atoms with Crippen molar-refractivity contribution in [3.8, 4) is 5.75 Å². The molecule has 3 rings (SSSR count).